The van der Waals surface area contributed by atoms with E-state index < -0.39 is 0 Å². The van der Waals surface area contributed by atoms with E-state index in [9.17, 15) is 4.79 Å². The molecule has 0 unspecified atom stereocenters. The summed E-state index contributed by atoms with van der Waals surface area (Å²) in [6.07, 6.45) is 5.66. The van der Waals surface area contributed by atoms with Crippen LogP contribution in [-0.2, 0) is 13.0 Å². The van der Waals surface area contributed by atoms with E-state index >= 15 is 0 Å². The minimum atomic E-state index is -0.378. The van der Waals surface area contributed by atoms with Gasteiger partial charge in [-0.1, -0.05) is 17.7 Å². The number of nitrogens with one attached hydrogen (secondary N) is 3. The zero-order chi connectivity index (χ0) is 21.6. The Bertz CT molecular complexity index is 1190. The zero-order valence-corrected chi connectivity index (χ0v) is 18.5. The molecule has 4 rings (SSSR count). The van der Waals surface area contributed by atoms with Crippen molar-refractivity contribution in [2.75, 3.05) is 28.4 Å². The second-order valence-corrected chi connectivity index (χ2v) is 8.34. The first-order chi connectivity index (χ1) is 15.1. The van der Waals surface area contributed by atoms with Crippen LogP contribution < -0.4 is 16.0 Å². The number of thiazole rings is 1. The molecule has 0 bridgehead atoms. The fourth-order valence-corrected chi connectivity index (χ4v) is 4.07. The smallest absolute Gasteiger partial charge is 0.325 e. The van der Waals surface area contributed by atoms with E-state index in [0.29, 0.717) is 47.0 Å². The van der Waals surface area contributed by atoms with Crippen LogP contribution in [-0.4, -0.2) is 43.2 Å². The normalized spacial score (nSPS) is 10.9. The quantitative estimate of drug-likeness (QED) is 0.323. The van der Waals surface area contributed by atoms with Crippen LogP contribution in [0, 0.1) is 0 Å². The van der Waals surface area contributed by atoms with Gasteiger partial charge in [-0.25, -0.2) is 19.7 Å². The molecule has 31 heavy (non-hydrogen) atoms. The standard InChI is InChI=1S/C19H18Cl2N8OS/c20-5-7-29-16-15(10-26-29)24-11-25-17(16)22-6-4-14-9-23-19(31-14)28-18(30)27-13-3-1-2-12(21)8-13/h1-3,8-11H,4-7H2,(H,22,24,25)(H2,23,27,28,30). The molecule has 3 heterocycles. The van der Waals surface area contributed by atoms with Crippen LogP contribution >= 0.6 is 34.5 Å². The zero-order valence-electron chi connectivity index (χ0n) is 16.2. The molecule has 0 aliphatic heterocycles. The van der Waals surface area contributed by atoms with E-state index in [-0.39, 0.29) is 6.03 Å². The number of aryl methyl sites for hydroxylation is 1. The van der Waals surface area contributed by atoms with Gasteiger partial charge in [-0.15, -0.1) is 22.9 Å². The van der Waals surface area contributed by atoms with Crippen molar-refractivity contribution < 1.29 is 4.79 Å². The van der Waals surface area contributed by atoms with Crippen LogP contribution in [0.1, 0.15) is 4.88 Å². The van der Waals surface area contributed by atoms with Crippen molar-refractivity contribution in [2.24, 2.45) is 0 Å². The molecule has 3 aromatic heterocycles. The molecule has 4 aromatic rings. The molecule has 160 valence electrons. The van der Waals surface area contributed by atoms with Gasteiger partial charge in [-0.2, -0.15) is 5.10 Å². The highest BCUT2D eigenvalue weighted by molar-refractivity contribution is 7.15. The molecule has 0 saturated heterocycles. The molecular weight excluding hydrogens is 459 g/mol. The van der Waals surface area contributed by atoms with E-state index in [2.05, 4.69) is 36.0 Å². The second kappa shape index (κ2) is 9.90. The minimum absolute atomic E-state index is 0.378. The van der Waals surface area contributed by atoms with Crippen molar-refractivity contribution >= 4 is 68.2 Å². The topological polar surface area (TPSA) is 110 Å². The minimum Gasteiger partial charge on any atom is -0.368 e. The summed E-state index contributed by atoms with van der Waals surface area (Å²) in [7, 11) is 0. The van der Waals surface area contributed by atoms with Gasteiger partial charge >= 0.3 is 6.03 Å². The lowest BCUT2D eigenvalue weighted by atomic mass is 10.3. The maximum absolute atomic E-state index is 12.1. The Labute approximate surface area is 191 Å². The van der Waals surface area contributed by atoms with E-state index in [0.717, 1.165) is 15.9 Å². The predicted molar refractivity (Wildman–Crippen MR) is 124 cm³/mol. The number of amides is 2. The average molecular weight is 477 g/mol. The number of rotatable bonds is 8. The SMILES string of the molecule is O=C(Nc1cccc(Cl)c1)Nc1ncc(CCNc2ncnc3cnn(CCCl)c23)s1. The molecule has 0 saturated carbocycles. The number of benzene rings is 1. The maximum atomic E-state index is 12.1. The Hall–Kier alpha value is -2.95. The van der Waals surface area contributed by atoms with E-state index in [4.69, 9.17) is 23.2 Å². The van der Waals surface area contributed by atoms with Crippen molar-refractivity contribution in [1.82, 2.24) is 24.7 Å². The van der Waals surface area contributed by atoms with Crippen LogP contribution in [0.25, 0.3) is 11.0 Å². The van der Waals surface area contributed by atoms with Crippen molar-refractivity contribution in [3.8, 4) is 0 Å². The summed E-state index contributed by atoms with van der Waals surface area (Å²) in [5.74, 6) is 1.16. The number of halogens is 2. The highest BCUT2D eigenvalue weighted by Crippen LogP contribution is 2.22. The molecule has 12 heteroatoms. The average Bonchev–Trinajstić information content (AvgIpc) is 3.36. The predicted octanol–water partition coefficient (Wildman–Crippen LogP) is 4.47. The first-order valence-electron chi connectivity index (χ1n) is 9.37. The molecule has 3 N–H and O–H groups in total. The fraction of sp³-hybridized carbons (Fsp3) is 0.211. The van der Waals surface area contributed by atoms with Crippen LogP contribution in [0.2, 0.25) is 5.02 Å². The molecule has 2 amide bonds. The molecule has 0 spiro atoms. The van der Waals surface area contributed by atoms with E-state index in [1.165, 1.54) is 17.7 Å². The van der Waals surface area contributed by atoms with Crippen LogP contribution in [0.5, 0.6) is 0 Å². The lowest BCUT2D eigenvalue weighted by Gasteiger charge is -2.08. The second-order valence-electron chi connectivity index (χ2n) is 6.41. The maximum Gasteiger partial charge on any atom is 0.325 e. The summed E-state index contributed by atoms with van der Waals surface area (Å²) >= 11 is 13.2. The molecule has 0 aliphatic carbocycles. The number of hydrogen-bond acceptors (Lipinski definition) is 7. The molecule has 0 atom stereocenters. The van der Waals surface area contributed by atoms with Gasteiger partial charge in [-0.05, 0) is 18.2 Å². The summed E-state index contributed by atoms with van der Waals surface area (Å²) in [6.45, 7) is 1.21. The molecular formula is C19H18Cl2N8OS. The van der Waals surface area contributed by atoms with E-state index in [1.54, 1.807) is 41.3 Å². The number of urea groups is 1. The van der Waals surface area contributed by atoms with Gasteiger partial charge in [0.15, 0.2) is 10.9 Å². The van der Waals surface area contributed by atoms with Crippen molar-refractivity contribution in [3.05, 3.63) is 52.9 Å². The van der Waals surface area contributed by atoms with Crippen molar-refractivity contribution in [3.63, 3.8) is 0 Å². The number of alkyl halides is 1. The van der Waals surface area contributed by atoms with Gasteiger partial charge in [0.1, 0.15) is 17.4 Å². The molecule has 9 nitrogen and oxygen atoms in total. The Kier molecular flexibility index (Phi) is 6.80. The summed E-state index contributed by atoms with van der Waals surface area (Å²) < 4.78 is 1.79. The van der Waals surface area contributed by atoms with Gasteiger partial charge in [0.05, 0.1) is 12.7 Å². The van der Waals surface area contributed by atoms with Gasteiger partial charge in [-0.3, -0.25) is 10.00 Å². The number of carbonyl (C=O) groups is 1. The third kappa shape index (κ3) is 5.40. The third-order valence-electron chi connectivity index (χ3n) is 4.24. The number of hydrogen-bond donors (Lipinski definition) is 3. The van der Waals surface area contributed by atoms with Gasteiger partial charge in [0, 0.05) is 40.6 Å². The Morgan fingerprint density at radius 3 is 2.90 bits per heavy atom. The molecule has 0 aliphatic rings. The molecule has 0 fully saturated rings. The largest absolute Gasteiger partial charge is 0.368 e. The summed E-state index contributed by atoms with van der Waals surface area (Å²) in [6, 6.07) is 6.55. The Morgan fingerprint density at radius 1 is 1.16 bits per heavy atom. The lowest BCUT2D eigenvalue weighted by molar-refractivity contribution is 0.262. The number of nitrogens with zero attached hydrogens (tertiary/aromatic N) is 5. The van der Waals surface area contributed by atoms with Crippen molar-refractivity contribution in [2.45, 2.75) is 13.0 Å². The first kappa shape index (κ1) is 21.3. The van der Waals surface area contributed by atoms with Gasteiger partial charge in [0.25, 0.3) is 0 Å². The summed E-state index contributed by atoms with van der Waals surface area (Å²) in [5.41, 5.74) is 2.20. The number of carbonyl (C=O) groups excluding carboxylic acids is 1. The van der Waals surface area contributed by atoms with E-state index in [1.807, 2.05) is 0 Å². The third-order valence-corrected chi connectivity index (χ3v) is 5.62. The molecule has 1 aromatic carbocycles. The highest BCUT2D eigenvalue weighted by Gasteiger charge is 2.11. The fourth-order valence-electron chi connectivity index (χ4n) is 2.91. The Balaban J connectivity index is 1.32. The van der Waals surface area contributed by atoms with Crippen LogP contribution in [0.3, 0.4) is 0 Å². The summed E-state index contributed by atoms with van der Waals surface area (Å²) in [4.78, 5) is 26.0. The number of aromatic nitrogens is 5. The van der Waals surface area contributed by atoms with Gasteiger partial charge in [0.2, 0.25) is 0 Å². The monoisotopic (exact) mass is 476 g/mol. The first-order valence-corrected chi connectivity index (χ1v) is 11.1. The number of fused-ring (bicyclic) bond motifs is 1. The van der Waals surface area contributed by atoms with Crippen LogP contribution in [0.4, 0.5) is 21.4 Å². The van der Waals surface area contributed by atoms with Crippen LogP contribution in [0.15, 0.2) is 43.0 Å². The van der Waals surface area contributed by atoms with Gasteiger partial charge < -0.3 is 10.6 Å². The Morgan fingerprint density at radius 2 is 2.06 bits per heavy atom. The lowest BCUT2D eigenvalue weighted by Crippen LogP contribution is -2.19. The van der Waals surface area contributed by atoms with Crippen molar-refractivity contribution in [1.29, 1.82) is 0 Å². The summed E-state index contributed by atoms with van der Waals surface area (Å²) in [5, 5.41) is 14.1. The molecule has 0 radical (unpaired) electrons. The highest BCUT2D eigenvalue weighted by atomic mass is 35.5. The number of anilines is 3.